The molecule has 0 spiro atoms. The summed E-state index contributed by atoms with van der Waals surface area (Å²) >= 11 is 0. The van der Waals surface area contributed by atoms with E-state index in [2.05, 4.69) is 25.9 Å². The fraction of sp³-hybridized carbons (Fsp3) is 0.0870. The minimum absolute atomic E-state index is 0.00359. The summed E-state index contributed by atoms with van der Waals surface area (Å²) in [5.74, 6) is 0.570. The molecule has 160 valence electrons. The van der Waals surface area contributed by atoms with Crippen LogP contribution in [0.4, 0.5) is 0 Å². The average Bonchev–Trinajstić information content (AvgIpc) is 3.29. The maximum Gasteiger partial charge on any atom is 0.271 e. The largest absolute Gasteiger partial charge is 0.504 e. The first-order chi connectivity index (χ1) is 15.6. The van der Waals surface area contributed by atoms with Crippen molar-refractivity contribution in [2.75, 3.05) is 7.11 Å². The quantitative estimate of drug-likeness (QED) is 0.346. The van der Waals surface area contributed by atoms with E-state index in [1.54, 1.807) is 24.3 Å². The molecule has 32 heavy (non-hydrogen) atoms. The number of nitrogens with one attached hydrogen (secondary N) is 1. The number of carbonyl (C=O) groups is 1. The number of aromatic hydroxyl groups is 1. The zero-order valence-corrected chi connectivity index (χ0v) is 17.2. The highest BCUT2D eigenvalue weighted by Crippen LogP contribution is 2.25. The monoisotopic (exact) mass is 428 g/mol. The van der Waals surface area contributed by atoms with Crippen LogP contribution in [-0.2, 0) is 6.54 Å². The number of tetrazole rings is 1. The number of phenols is 1. The highest BCUT2D eigenvalue weighted by Gasteiger charge is 2.08. The van der Waals surface area contributed by atoms with E-state index in [1.165, 1.54) is 24.2 Å². The standard InChI is InChI=1S/C23H20N6O3/c1-32-21-12-9-17(13-20(21)30)14-24-26-23(31)19-10-7-16(8-11-19)15-29-27-22(25-28-29)18-5-3-2-4-6-18/h2-14,30H,15H2,1H3,(H,26,31). The van der Waals surface area contributed by atoms with E-state index in [1.807, 2.05) is 42.5 Å². The first-order valence-corrected chi connectivity index (χ1v) is 9.75. The number of phenolic OH excluding ortho intramolecular Hbond substituents is 1. The van der Waals surface area contributed by atoms with Crippen LogP contribution in [-0.4, -0.2) is 44.5 Å². The van der Waals surface area contributed by atoms with Gasteiger partial charge in [0.15, 0.2) is 11.5 Å². The molecule has 0 saturated carbocycles. The molecule has 0 bridgehead atoms. The Morgan fingerprint density at radius 2 is 1.91 bits per heavy atom. The van der Waals surface area contributed by atoms with Crippen LogP contribution in [0.5, 0.6) is 11.5 Å². The first kappa shape index (κ1) is 20.7. The van der Waals surface area contributed by atoms with Gasteiger partial charge in [-0.05, 0) is 46.7 Å². The molecular weight excluding hydrogens is 408 g/mol. The molecule has 0 aliphatic heterocycles. The molecule has 9 nitrogen and oxygen atoms in total. The van der Waals surface area contributed by atoms with Crippen LogP contribution in [0.1, 0.15) is 21.5 Å². The zero-order valence-electron chi connectivity index (χ0n) is 17.2. The van der Waals surface area contributed by atoms with Crippen LogP contribution in [0.25, 0.3) is 11.4 Å². The van der Waals surface area contributed by atoms with E-state index >= 15 is 0 Å². The Kier molecular flexibility index (Phi) is 6.17. The molecule has 0 aliphatic rings. The van der Waals surface area contributed by atoms with Gasteiger partial charge in [0, 0.05) is 11.1 Å². The molecule has 4 aromatic rings. The van der Waals surface area contributed by atoms with Crippen LogP contribution in [0, 0.1) is 0 Å². The number of hydrogen-bond acceptors (Lipinski definition) is 7. The van der Waals surface area contributed by atoms with Gasteiger partial charge in [-0.15, -0.1) is 10.2 Å². The SMILES string of the molecule is COc1ccc(C=NNC(=O)c2ccc(Cn3nnc(-c4ccccc4)n3)cc2)cc1O. The predicted molar refractivity (Wildman–Crippen MR) is 119 cm³/mol. The van der Waals surface area contributed by atoms with Gasteiger partial charge in [0.2, 0.25) is 5.82 Å². The molecule has 0 fully saturated rings. The van der Waals surface area contributed by atoms with E-state index in [-0.39, 0.29) is 11.7 Å². The second kappa shape index (κ2) is 9.52. The third kappa shape index (κ3) is 4.96. The maximum atomic E-state index is 12.3. The maximum absolute atomic E-state index is 12.3. The Hall–Kier alpha value is -4.53. The lowest BCUT2D eigenvalue weighted by molar-refractivity contribution is 0.0955. The Bertz CT molecular complexity index is 1240. The smallest absolute Gasteiger partial charge is 0.271 e. The summed E-state index contributed by atoms with van der Waals surface area (Å²) in [6, 6.07) is 21.5. The molecule has 0 saturated heterocycles. The van der Waals surface area contributed by atoms with E-state index < -0.39 is 0 Å². The molecule has 1 amide bonds. The number of carbonyl (C=O) groups excluding carboxylic acids is 1. The molecule has 2 N–H and O–H groups in total. The topological polar surface area (TPSA) is 115 Å². The molecule has 0 unspecified atom stereocenters. The van der Waals surface area contributed by atoms with E-state index in [4.69, 9.17) is 4.74 Å². The van der Waals surface area contributed by atoms with Crippen LogP contribution in [0.15, 0.2) is 77.9 Å². The number of ether oxygens (including phenoxy) is 1. The van der Waals surface area contributed by atoms with Gasteiger partial charge in [-0.2, -0.15) is 9.90 Å². The van der Waals surface area contributed by atoms with Gasteiger partial charge >= 0.3 is 0 Å². The molecule has 0 atom stereocenters. The van der Waals surface area contributed by atoms with E-state index in [0.29, 0.717) is 29.2 Å². The third-order valence-corrected chi connectivity index (χ3v) is 4.61. The van der Waals surface area contributed by atoms with Crippen molar-refractivity contribution in [3.05, 3.63) is 89.5 Å². The Morgan fingerprint density at radius 3 is 2.62 bits per heavy atom. The number of benzene rings is 3. The molecule has 0 radical (unpaired) electrons. The van der Waals surface area contributed by atoms with Gasteiger partial charge in [0.05, 0.1) is 19.9 Å². The fourth-order valence-electron chi connectivity index (χ4n) is 2.96. The summed E-state index contributed by atoms with van der Waals surface area (Å²) in [7, 11) is 1.47. The van der Waals surface area contributed by atoms with Gasteiger partial charge in [-0.25, -0.2) is 5.43 Å². The summed E-state index contributed by atoms with van der Waals surface area (Å²) < 4.78 is 4.99. The molecular formula is C23H20N6O3. The number of hydrazone groups is 1. The van der Waals surface area contributed by atoms with Crippen molar-refractivity contribution in [3.8, 4) is 22.9 Å². The van der Waals surface area contributed by atoms with Crippen molar-refractivity contribution in [1.29, 1.82) is 0 Å². The summed E-state index contributed by atoms with van der Waals surface area (Å²) in [4.78, 5) is 13.8. The second-order valence-electron chi connectivity index (χ2n) is 6.84. The molecule has 1 heterocycles. The Balaban J connectivity index is 1.34. The van der Waals surface area contributed by atoms with Crippen molar-refractivity contribution in [2.24, 2.45) is 5.10 Å². The van der Waals surface area contributed by atoms with Gasteiger partial charge in [0.1, 0.15) is 0 Å². The van der Waals surface area contributed by atoms with Crippen molar-refractivity contribution in [2.45, 2.75) is 6.54 Å². The normalized spacial score (nSPS) is 10.9. The number of aromatic nitrogens is 4. The van der Waals surface area contributed by atoms with Crippen molar-refractivity contribution in [3.63, 3.8) is 0 Å². The van der Waals surface area contributed by atoms with Crippen LogP contribution >= 0.6 is 0 Å². The number of hydrogen-bond donors (Lipinski definition) is 2. The minimum atomic E-state index is -0.351. The van der Waals surface area contributed by atoms with Gasteiger partial charge < -0.3 is 9.84 Å². The number of nitrogens with zero attached hydrogens (tertiary/aromatic N) is 5. The highest BCUT2D eigenvalue weighted by molar-refractivity contribution is 5.94. The first-order valence-electron chi connectivity index (χ1n) is 9.75. The van der Waals surface area contributed by atoms with Crippen molar-refractivity contribution in [1.82, 2.24) is 25.6 Å². The Labute approximate surface area is 184 Å². The number of amides is 1. The van der Waals surface area contributed by atoms with Gasteiger partial charge in [-0.1, -0.05) is 42.5 Å². The van der Waals surface area contributed by atoms with Crippen LogP contribution in [0.3, 0.4) is 0 Å². The molecule has 9 heteroatoms. The second-order valence-corrected chi connectivity index (χ2v) is 6.84. The number of methoxy groups -OCH3 is 1. The van der Waals surface area contributed by atoms with Crippen LogP contribution < -0.4 is 10.2 Å². The van der Waals surface area contributed by atoms with Crippen molar-refractivity contribution < 1.29 is 14.6 Å². The van der Waals surface area contributed by atoms with Gasteiger partial charge in [-0.3, -0.25) is 4.79 Å². The Morgan fingerprint density at radius 1 is 1.12 bits per heavy atom. The fourth-order valence-corrected chi connectivity index (χ4v) is 2.96. The third-order valence-electron chi connectivity index (χ3n) is 4.61. The highest BCUT2D eigenvalue weighted by atomic mass is 16.5. The summed E-state index contributed by atoms with van der Waals surface area (Å²) in [6.45, 7) is 0.431. The van der Waals surface area contributed by atoms with Gasteiger partial charge in [0.25, 0.3) is 5.91 Å². The number of rotatable bonds is 7. The summed E-state index contributed by atoms with van der Waals surface area (Å²) in [5, 5.41) is 26.3. The molecule has 0 aliphatic carbocycles. The summed E-state index contributed by atoms with van der Waals surface area (Å²) in [6.07, 6.45) is 1.44. The van der Waals surface area contributed by atoms with Crippen molar-refractivity contribution >= 4 is 12.1 Å². The minimum Gasteiger partial charge on any atom is -0.504 e. The van der Waals surface area contributed by atoms with Crippen LogP contribution in [0.2, 0.25) is 0 Å². The molecule has 1 aromatic heterocycles. The molecule has 3 aromatic carbocycles. The van der Waals surface area contributed by atoms with E-state index in [0.717, 1.165) is 11.1 Å². The average molecular weight is 428 g/mol. The predicted octanol–water partition coefficient (Wildman–Crippen LogP) is 2.87. The molecule has 4 rings (SSSR count). The lowest BCUT2D eigenvalue weighted by Crippen LogP contribution is -2.17. The lowest BCUT2D eigenvalue weighted by Gasteiger charge is -2.04. The van der Waals surface area contributed by atoms with E-state index in [9.17, 15) is 9.90 Å². The lowest BCUT2D eigenvalue weighted by atomic mass is 10.1. The summed E-state index contributed by atoms with van der Waals surface area (Å²) in [5.41, 5.74) is 5.37. The zero-order chi connectivity index (χ0) is 22.3.